The molecule has 2 aliphatic rings. The van der Waals surface area contributed by atoms with Gasteiger partial charge in [-0.05, 0) is 26.0 Å². The number of hydrogen-bond donors (Lipinski definition) is 1. The van der Waals surface area contributed by atoms with E-state index in [1.807, 2.05) is 44.2 Å². The van der Waals surface area contributed by atoms with E-state index in [1.54, 1.807) is 4.90 Å². The van der Waals surface area contributed by atoms with Crippen LogP contribution in [-0.2, 0) is 9.47 Å². The highest BCUT2D eigenvalue weighted by Gasteiger charge is 2.50. The number of amides is 2. The number of benzene rings is 1. The van der Waals surface area contributed by atoms with Gasteiger partial charge in [-0.1, -0.05) is 18.2 Å². The zero-order chi connectivity index (χ0) is 14.2. The molecular weight excluding hydrogens is 256 g/mol. The third kappa shape index (κ3) is 2.64. The Kier molecular flexibility index (Phi) is 3.18. The lowest BCUT2D eigenvalue weighted by molar-refractivity contribution is -0.301. The number of nitrogens with zero attached hydrogens (tertiary/aromatic N) is 1. The molecule has 2 saturated heterocycles. The van der Waals surface area contributed by atoms with E-state index in [1.165, 1.54) is 0 Å². The fourth-order valence-electron chi connectivity index (χ4n) is 2.55. The average Bonchev–Trinajstić information content (AvgIpc) is 2.38. The number of ether oxygens (including phenoxy) is 2. The first-order chi connectivity index (χ1) is 9.48. The maximum Gasteiger partial charge on any atom is 0.321 e. The lowest BCUT2D eigenvalue weighted by Crippen LogP contribution is -2.66. The van der Waals surface area contributed by atoms with Crippen LogP contribution in [0.5, 0.6) is 0 Å². The summed E-state index contributed by atoms with van der Waals surface area (Å²) < 4.78 is 11.4. The van der Waals surface area contributed by atoms with Crippen molar-refractivity contribution in [1.29, 1.82) is 0 Å². The summed E-state index contributed by atoms with van der Waals surface area (Å²) >= 11 is 0. The topological polar surface area (TPSA) is 50.8 Å². The Balaban J connectivity index is 1.52. The van der Waals surface area contributed by atoms with Crippen molar-refractivity contribution in [3.05, 3.63) is 30.3 Å². The van der Waals surface area contributed by atoms with Crippen molar-refractivity contribution in [2.24, 2.45) is 5.41 Å². The van der Waals surface area contributed by atoms with Gasteiger partial charge in [0.05, 0.1) is 18.6 Å². The predicted octanol–water partition coefficient (Wildman–Crippen LogP) is 2.30. The minimum absolute atomic E-state index is 0.0243. The van der Waals surface area contributed by atoms with Gasteiger partial charge in [0.1, 0.15) is 0 Å². The van der Waals surface area contributed by atoms with E-state index >= 15 is 0 Å². The molecule has 2 amide bonds. The molecule has 5 heteroatoms. The molecule has 1 spiro atoms. The molecule has 0 unspecified atom stereocenters. The Labute approximate surface area is 118 Å². The quantitative estimate of drug-likeness (QED) is 0.856. The molecule has 3 rings (SSSR count). The third-order valence-corrected chi connectivity index (χ3v) is 3.82. The zero-order valence-electron chi connectivity index (χ0n) is 11.9. The molecule has 0 atom stereocenters. The minimum Gasteiger partial charge on any atom is -0.350 e. The van der Waals surface area contributed by atoms with Crippen molar-refractivity contribution in [1.82, 2.24) is 4.90 Å². The van der Waals surface area contributed by atoms with Crippen LogP contribution in [0.1, 0.15) is 13.8 Å². The first-order valence-corrected chi connectivity index (χ1v) is 6.87. The summed E-state index contributed by atoms with van der Waals surface area (Å²) in [5.74, 6) is -0.502. The second-order valence-electron chi connectivity index (χ2n) is 6.13. The van der Waals surface area contributed by atoms with E-state index in [0.29, 0.717) is 26.3 Å². The molecule has 0 aliphatic carbocycles. The van der Waals surface area contributed by atoms with Crippen LogP contribution in [0.15, 0.2) is 30.3 Å². The van der Waals surface area contributed by atoms with Crippen molar-refractivity contribution < 1.29 is 14.3 Å². The van der Waals surface area contributed by atoms with Crippen LogP contribution in [0, 0.1) is 5.41 Å². The number of nitrogens with one attached hydrogen (secondary N) is 1. The Morgan fingerprint density at radius 1 is 1.15 bits per heavy atom. The Hall–Kier alpha value is -1.59. The molecular formula is C15H20N2O3. The summed E-state index contributed by atoms with van der Waals surface area (Å²) in [5, 5.41) is 2.89. The highest BCUT2D eigenvalue weighted by molar-refractivity contribution is 5.89. The predicted molar refractivity (Wildman–Crippen MR) is 75.4 cm³/mol. The van der Waals surface area contributed by atoms with Gasteiger partial charge in [0, 0.05) is 18.8 Å². The molecule has 1 N–H and O–H groups in total. The summed E-state index contributed by atoms with van der Waals surface area (Å²) in [6, 6.07) is 9.42. The second kappa shape index (κ2) is 4.75. The van der Waals surface area contributed by atoms with E-state index in [0.717, 1.165) is 5.69 Å². The Bertz CT molecular complexity index is 483. The minimum atomic E-state index is -0.502. The lowest BCUT2D eigenvalue weighted by atomic mass is 9.81. The summed E-state index contributed by atoms with van der Waals surface area (Å²) in [6.45, 7) is 6.49. The van der Waals surface area contributed by atoms with E-state index in [9.17, 15) is 4.79 Å². The number of para-hydroxylation sites is 1. The van der Waals surface area contributed by atoms with Gasteiger partial charge in [-0.25, -0.2) is 4.79 Å². The van der Waals surface area contributed by atoms with Gasteiger partial charge in [-0.2, -0.15) is 0 Å². The molecule has 0 aromatic heterocycles. The largest absolute Gasteiger partial charge is 0.350 e. The summed E-state index contributed by atoms with van der Waals surface area (Å²) in [4.78, 5) is 13.9. The smallest absolute Gasteiger partial charge is 0.321 e. The molecule has 108 valence electrons. The third-order valence-electron chi connectivity index (χ3n) is 3.82. The van der Waals surface area contributed by atoms with Crippen molar-refractivity contribution in [2.45, 2.75) is 19.6 Å². The Morgan fingerprint density at radius 3 is 2.35 bits per heavy atom. The van der Waals surface area contributed by atoms with E-state index in [2.05, 4.69) is 5.32 Å². The first-order valence-electron chi connectivity index (χ1n) is 6.87. The van der Waals surface area contributed by atoms with Crippen molar-refractivity contribution in [3.8, 4) is 0 Å². The van der Waals surface area contributed by atoms with Gasteiger partial charge in [-0.3, -0.25) is 0 Å². The highest BCUT2D eigenvalue weighted by Crippen LogP contribution is 2.37. The maximum absolute atomic E-state index is 12.1. The summed E-state index contributed by atoms with van der Waals surface area (Å²) in [7, 11) is 0. The van der Waals surface area contributed by atoms with Gasteiger partial charge in [-0.15, -0.1) is 0 Å². The number of rotatable bonds is 1. The fraction of sp³-hybridized carbons (Fsp3) is 0.533. The van der Waals surface area contributed by atoms with Gasteiger partial charge in [0.15, 0.2) is 5.79 Å². The molecule has 5 nitrogen and oxygen atoms in total. The summed E-state index contributed by atoms with van der Waals surface area (Å²) in [5.41, 5.74) is 0.791. The second-order valence-corrected chi connectivity index (χ2v) is 6.13. The highest BCUT2D eigenvalue weighted by atomic mass is 16.7. The Morgan fingerprint density at radius 2 is 1.75 bits per heavy atom. The van der Waals surface area contributed by atoms with Crippen LogP contribution in [0.4, 0.5) is 10.5 Å². The molecule has 2 heterocycles. The monoisotopic (exact) mass is 276 g/mol. The van der Waals surface area contributed by atoms with Crippen LogP contribution in [0.3, 0.4) is 0 Å². The van der Waals surface area contributed by atoms with Crippen LogP contribution in [0.25, 0.3) is 0 Å². The first kappa shape index (κ1) is 13.4. The lowest BCUT2D eigenvalue weighted by Gasteiger charge is -2.53. The van der Waals surface area contributed by atoms with E-state index < -0.39 is 5.79 Å². The summed E-state index contributed by atoms with van der Waals surface area (Å²) in [6.07, 6.45) is 0. The SMILES string of the molecule is CC1(C)OCC2(CO1)CN(C(=O)Nc1ccccc1)C2. The van der Waals surface area contributed by atoms with Gasteiger partial charge >= 0.3 is 6.03 Å². The van der Waals surface area contributed by atoms with Crippen LogP contribution in [0.2, 0.25) is 0 Å². The number of carbonyl (C=O) groups excluding carboxylic acids is 1. The van der Waals surface area contributed by atoms with Gasteiger partial charge in [0.25, 0.3) is 0 Å². The average molecular weight is 276 g/mol. The number of anilines is 1. The zero-order valence-corrected chi connectivity index (χ0v) is 11.9. The maximum atomic E-state index is 12.1. The molecule has 2 aliphatic heterocycles. The normalized spacial score (nSPS) is 23.2. The molecule has 0 saturated carbocycles. The molecule has 0 bridgehead atoms. The molecule has 1 aromatic carbocycles. The van der Waals surface area contributed by atoms with Crippen molar-refractivity contribution >= 4 is 11.7 Å². The molecule has 1 aromatic rings. The number of urea groups is 1. The van der Waals surface area contributed by atoms with Crippen molar-refractivity contribution in [2.75, 3.05) is 31.6 Å². The van der Waals surface area contributed by atoms with Gasteiger partial charge < -0.3 is 19.7 Å². The van der Waals surface area contributed by atoms with E-state index in [-0.39, 0.29) is 11.4 Å². The standard InChI is InChI=1S/C15H20N2O3/c1-14(2)19-10-15(11-20-14)8-17(9-15)13(18)16-12-6-4-3-5-7-12/h3-7H,8-11H2,1-2H3,(H,16,18). The number of hydrogen-bond acceptors (Lipinski definition) is 3. The number of likely N-dealkylation sites (tertiary alicyclic amines) is 1. The van der Waals surface area contributed by atoms with Crippen molar-refractivity contribution in [3.63, 3.8) is 0 Å². The van der Waals surface area contributed by atoms with E-state index in [4.69, 9.17) is 9.47 Å². The van der Waals surface area contributed by atoms with Gasteiger partial charge in [0.2, 0.25) is 0 Å². The van der Waals surface area contributed by atoms with Crippen LogP contribution < -0.4 is 5.32 Å². The van der Waals surface area contributed by atoms with Crippen LogP contribution in [-0.4, -0.2) is 43.0 Å². The molecule has 0 radical (unpaired) electrons. The fourth-order valence-corrected chi connectivity index (χ4v) is 2.55. The molecule has 20 heavy (non-hydrogen) atoms. The molecule has 2 fully saturated rings. The van der Waals surface area contributed by atoms with Crippen LogP contribution >= 0.6 is 0 Å². The number of carbonyl (C=O) groups is 1.